The summed E-state index contributed by atoms with van der Waals surface area (Å²) in [6.07, 6.45) is 5.11. The molecule has 0 aliphatic carbocycles. The highest BCUT2D eigenvalue weighted by Gasteiger charge is 2.47. The third-order valence-corrected chi connectivity index (χ3v) is 7.06. The Bertz CT molecular complexity index is 872. The SMILES string of the molecule is COc1ccc(CN2CCC3(CCN(CCCc4ccccc4OC)CC3)C2=O)cc1. The van der Waals surface area contributed by atoms with E-state index < -0.39 is 0 Å². The van der Waals surface area contributed by atoms with E-state index in [1.165, 1.54) is 11.1 Å². The topological polar surface area (TPSA) is 42.0 Å². The monoisotopic (exact) mass is 422 g/mol. The normalized spacial score (nSPS) is 18.5. The first kappa shape index (κ1) is 21.7. The van der Waals surface area contributed by atoms with Crippen LogP contribution in [0.5, 0.6) is 11.5 Å². The van der Waals surface area contributed by atoms with Gasteiger partial charge in [-0.3, -0.25) is 4.79 Å². The predicted molar refractivity (Wildman–Crippen MR) is 122 cm³/mol. The molecule has 2 aliphatic heterocycles. The van der Waals surface area contributed by atoms with Crippen LogP contribution in [0.4, 0.5) is 0 Å². The number of hydrogen-bond acceptors (Lipinski definition) is 4. The lowest BCUT2D eigenvalue weighted by molar-refractivity contribution is -0.138. The number of rotatable bonds is 8. The molecule has 31 heavy (non-hydrogen) atoms. The molecular weight excluding hydrogens is 388 g/mol. The van der Waals surface area contributed by atoms with Crippen molar-refractivity contribution in [2.75, 3.05) is 40.4 Å². The Labute approximate surface area is 185 Å². The van der Waals surface area contributed by atoms with Crippen molar-refractivity contribution in [1.82, 2.24) is 9.80 Å². The van der Waals surface area contributed by atoms with Gasteiger partial charge in [0, 0.05) is 13.1 Å². The molecule has 2 fully saturated rings. The van der Waals surface area contributed by atoms with Crippen LogP contribution in [0.1, 0.15) is 36.8 Å². The molecule has 166 valence electrons. The van der Waals surface area contributed by atoms with Gasteiger partial charge in [-0.2, -0.15) is 0 Å². The maximum absolute atomic E-state index is 13.3. The van der Waals surface area contributed by atoms with Crippen LogP contribution in [0.3, 0.4) is 0 Å². The summed E-state index contributed by atoms with van der Waals surface area (Å²) in [5, 5.41) is 0. The van der Waals surface area contributed by atoms with Crippen LogP contribution in [-0.2, 0) is 17.8 Å². The summed E-state index contributed by atoms with van der Waals surface area (Å²) in [5.74, 6) is 2.19. The van der Waals surface area contributed by atoms with Gasteiger partial charge in [-0.05, 0) is 81.1 Å². The zero-order valence-electron chi connectivity index (χ0n) is 18.8. The number of aryl methyl sites for hydroxylation is 1. The lowest BCUT2D eigenvalue weighted by Crippen LogP contribution is -2.44. The largest absolute Gasteiger partial charge is 0.497 e. The standard InChI is InChI=1S/C26H34N2O3/c1-30-23-11-9-21(10-12-23)20-28-19-15-26(25(28)29)13-17-27(18-14-26)16-5-7-22-6-3-4-8-24(22)31-2/h3-4,6,8-12H,5,7,13-20H2,1-2H3. The number of methoxy groups -OCH3 is 2. The van der Waals surface area contributed by atoms with Crippen LogP contribution in [0.25, 0.3) is 0 Å². The van der Waals surface area contributed by atoms with Gasteiger partial charge in [-0.25, -0.2) is 0 Å². The van der Waals surface area contributed by atoms with Gasteiger partial charge in [0.25, 0.3) is 0 Å². The summed E-state index contributed by atoms with van der Waals surface area (Å²) in [5.41, 5.74) is 2.31. The molecule has 0 radical (unpaired) electrons. The van der Waals surface area contributed by atoms with Crippen molar-refractivity contribution in [3.63, 3.8) is 0 Å². The Hall–Kier alpha value is -2.53. The summed E-state index contributed by atoms with van der Waals surface area (Å²) >= 11 is 0. The quantitative estimate of drug-likeness (QED) is 0.641. The molecule has 1 spiro atoms. The second-order valence-corrected chi connectivity index (χ2v) is 8.86. The molecule has 5 heteroatoms. The van der Waals surface area contributed by atoms with Gasteiger partial charge in [-0.1, -0.05) is 30.3 Å². The van der Waals surface area contributed by atoms with Gasteiger partial charge in [0.1, 0.15) is 11.5 Å². The van der Waals surface area contributed by atoms with E-state index in [0.717, 1.165) is 69.8 Å². The van der Waals surface area contributed by atoms with E-state index in [9.17, 15) is 4.79 Å². The molecule has 2 aromatic carbocycles. The Balaban J connectivity index is 1.25. The second kappa shape index (κ2) is 9.73. The zero-order valence-corrected chi connectivity index (χ0v) is 18.8. The lowest BCUT2D eigenvalue weighted by Gasteiger charge is -2.38. The summed E-state index contributed by atoms with van der Waals surface area (Å²) in [7, 11) is 3.41. The lowest BCUT2D eigenvalue weighted by atomic mass is 9.77. The van der Waals surface area contributed by atoms with E-state index in [-0.39, 0.29) is 5.41 Å². The predicted octanol–water partition coefficient (Wildman–Crippen LogP) is 4.15. The second-order valence-electron chi connectivity index (χ2n) is 8.86. The average molecular weight is 423 g/mol. The van der Waals surface area contributed by atoms with Crippen LogP contribution in [0, 0.1) is 5.41 Å². The van der Waals surface area contributed by atoms with Crippen LogP contribution in [0.15, 0.2) is 48.5 Å². The smallest absolute Gasteiger partial charge is 0.229 e. The van der Waals surface area contributed by atoms with E-state index >= 15 is 0 Å². The maximum atomic E-state index is 13.3. The van der Waals surface area contributed by atoms with Crippen molar-refractivity contribution >= 4 is 5.91 Å². The molecular formula is C26H34N2O3. The fourth-order valence-corrected chi connectivity index (χ4v) is 5.07. The molecule has 2 aliphatic rings. The number of hydrogen-bond donors (Lipinski definition) is 0. The average Bonchev–Trinajstić information content (AvgIpc) is 3.11. The first-order valence-corrected chi connectivity index (χ1v) is 11.4. The Morgan fingerprint density at radius 1 is 0.903 bits per heavy atom. The molecule has 4 rings (SSSR count). The van der Waals surface area contributed by atoms with E-state index in [1.54, 1.807) is 14.2 Å². The molecule has 0 aromatic heterocycles. The van der Waals surface area contributed by atoms with Crippen LogP contribution >= 0.6 is 0 Å². The summed E-state index contributed by atoms with van der Waals surface area (Å²) in [6, 6.07) is 16.3. The van der Waals surface area contributed by atoms with Crippen molar-refractivity contribution in [3.8, 4) is 11.5 Å². The molecule has 5 nitrogen and oxygen atoms in total. The Morgan fingerprint density at radius 2 is 1.61 bits per heavy atom. The number of para-hydroxylation sites is 1. The zero-order chi connectivity index (χ0) is 21.7. The highest BCUT2D eigenvalue weighted by Crippen LogP contribution is 2.42. The van der Waals surface area contributed by atoms with Crippen LogP contribution in [0.2, 0.25) is 0 Å². The maximum Gasteiger partial charge on any atom is 0.229 e. The Kier molecular flexibility index (Phi) is 6.81. The number of carbonyl (C=O) groups is 1. The molecule has 2 aromatic rings. The summed E-state index contributed by atoms with van der Waals surface area (Å²) in [4.78, 5) is 17.8. The van der Waals surface area contributed by atoms with Gasteiger partial charge in [0.15, 0.2) is 0 Å². The van der Waals surface area contributed by atoms with Crippen LogP contribution < -0.4 is 9.47 Å². The minimum Gasteiger partial charge on any atom is -0.497 e. The number of nitrogens with zero attached hydrogens (tertiary/aromatic N) is 2. The van der Waals surface area contributed by atoms with Crippen molar-refractivity contribution in [2.24, 2.45) is 5.41 Å². The van der Waals surface area contributed by atoms with Crippen molar-refractivity contribution in [1.29, 1.82) is 0 Å². The molecule has 0 N–H and O–H groups in total. The molecule has 0 saturated carbocycles. The van der Waals surface area contributed by atoms with Crippen molar-refractivity contribution in [2.45, 2.75) is 38.6 Å². The van der Waals surface area contributed by atoms with Gasteiger partial charge in [0.2, 0.25) is 5.91 Å². The van der Waals surface area contributed by atoms with Gasteiger partial charge in [0.05, 0.1) is 19.6 Å². The molecule has 2 saturated heterocycles. The molecule has 1 amide bonds. The number of piperidine rings is 1. The van der Waals surface area contributed by atoms with Gasteiger partial charge < -0.3 is 19.3 Å². The molecule has 0 bridgehead atoms. The number of ether oxygens (including phenoxy) is 2. The Morgan fingerprint density at radius 3 is 2.32 bits per heavy atom. The summed E-state index contributed by atoms with van der Waals surface area (Å²) in [6.45, 7) is 4.70. The van der Waals surface area contributed by atoms with Crippen molar-refractivity contribution in [3.05, 3.63) is 59.7 Å². The third-order valence-electron chi connectivity index (χ3n) is 7.06. The minimum absolute atomic E-state index is 0.133. The van der Waals surface area contributed by atoms with E-state index in [0.29, 0.717) is 12.5 Å². The van der Waals surface area contributed by atoms with E-state index in [4.69, 9.17) is 9.47 Å². The molecule has 2 heterocycles. The van der Waals surface area contributed by atoms with E-state index in [1.807, 2.05) is 24.3 Å². The highest BCUT2D eigenvalue weighted by atomic mass is 16.5. The van der Waals surface area contributed by atoms with Gasteiger partial charge in [-0.15, -0.1) is 0 Å². The third kappa shape index (κ3) is 4.87. The minimum atomic E-state index is -0.133. The highest BCUT2D eigenvalue weighted by molar-refractivity contribution is 5.85. The number of benzene rings is 2. The fraction of sp³-hybridized carbons (Fsp3) is 0.500. The van der Waals surface area contributed by atoms with Crippen LogP contribution in [-0.4, -0.2) is 56.1 Å². The first-order chi connectivity index (χ1) is 15.1. The number of carbonyl (C=O) groups excluding carboxylic acids is 1. The number of likely N-dealkylation sites (tertiary alicyclic amines) is 2. The number of amides is 1. The van der Waals surface area contributed by atoms with Crippen molar-refractivity contribution < 1.29 is 14.3 Å². The molecule has 0 unspecified atom stereocenters. The summed E-state index contributed by atoms with van der Waals surface area (Å²) < 4.78 is 10.7. The van der Waals surface area contributed by atoms with E-state index in [2.05, 4.69) is 34.1 Å². The van der Waals surface area contributed by atoms with Gasteiger partial charge >= 0.3 is 0 Å². The first-order valence-electron chi connectivity index (χ1n) is 11.4. The molecule has 0 atom stereocenters. The fourth-order valence-electron chi connectivity index (χ4n) is 5.07.